The number of aromatic nitrogens is 4. The maximum absolute atomic E-state index is 6.23. The van der Waals surface area contributed by atoms with Crippen LogP contribution in [0, 0.1) is 0 Å². The van der Waals surface area contributed by atoms with Crippen LogP contribution in [-0.4, -0.2) is 19.7 Å². The van der Waals surface area contributed by atoms with Crippen LogP contribution in [0.2, 0.25) is 0 Å². The van der Waals surface area contributed by atoms with Gasteiger partial charge in [-0.25, -0.2) is 4.98 Å². The lowest BCUT2D eigenvalue weighted by molar-refractivity contribution is -0.0317. The van der Waals surface area contributed by atoms with Crippen molar-refractivity contribution in [1.29, 1.82) is 0 Å². The first-order chi connectivity index (χ1) is 10.8. The number of ether oxygens (including phenoxy) is 1. The summed E-state index contributed by atoms with van der Waals surface area (Å²) in [6, 6.07) is 2.22. The van der Waals surface area contributed by atoms with Gasteiger partial charge in [-0.3, -0.25) is 4.68 Å². The van der Waals surface area contributed by atoms with E-state index in [0.717, 1.165) is 29.7 Å². The zero-order valence-electron chi connectivity index (χ0n) is 12.6. The Hall–Kier alpha value is -2.14. The van der Waals surface area contributed by atoms with Crippen molar-refractivity contribution in [1.82, 2.24) is 19.7 Å². The standard InChI is InChI=1S/C17H18N4O/c1-21-9-11(8-19-21)14-6-13-15-12(7-18-16(13)20-14)10-22-17(15)4-2-3-5-17/h6-9H,2-5,10H2,1H3,(H,18,20). The van der Waals surface area contributed by atoms with Crippen molar-refractivity contribution in [3.8, 4) is 11.3 Å². The molecule has 0 atom stereocenters. The molecule has 0 aromatic carbocycles. The molecule has 5 nitrogen and oxygen atoms in total. The monoisotopic (exact) mass is 294 g/mol. The molecule has 5 heteroatoms. The molecule has 0 unspecified atom stereocenters. The second kappa shape index (κ2) is 4.20. The van der Waals surface area contributed by atoms with Crippen LogP contribution in [0.4, 0.5) is 0 Å². The molecule has 2 aliphatic rings. The van der Waals surface area contributed by atoms with E-state index in [1.165, 1.54) is 29.4 Å². The third kappa shape index (κ3) is 1.57. The summed E-state index contributed by atoms with van der Waals surface area (Å²) in [6.07, 6.45) is 10.7. The zero-order valence-corrected chi connectivity index (χ0v) is 12.6. The van der Waals surface area contributed by atoms with Crippen molar-refractivity contribution in [2.45, 2.75) is 37.9 Å². The molecule has 1 aliphatic heterocycles. The minimum Gasteiger partial charge on any atom is -0.366 e. The molecule has 1 N–H and O–H groups in total. The number of rotatable bonds is 1. The maximum Gasteiger partial charge on any atom is 0.138 e. The molecular weight excluding hydrogens is 276 g/mol. The predicted molar refractivity (Wildman–Crippen MR) is 83.2 cm³/mol. The third-order valence-electron chi connectivity index (χ3n) is 5.12. The first-order valence-electron chi connectivity index (χ1n) is 7.89. The Balaban J connectivity index is 1.74. The number of fused-ring (bicyclic) bond motifs is 4. The molecule has 0 bridgehead atoms. The van der Waals surface area contributed by atoms with E-state index in [2.05, 4.69) is 21.1 Å². The second-order valence-electron chi connectivity index (χ2n) is 6.50. The fraction of sp³-hybridized carbons (Fsp3) is 0.412. The van der Waals surface area contributed by atoms with E-state index in [4.69, 9.17) is 4.74 Å². The minimum absolute atomic E-state index is 0.0646. The lowest BCUT2D eigenvalue weighted by Crippen LogP contribution is -2.20. The van der Waals surface area contributed by atoms with Gasteiger partial charge in [0.2, 0.25) is 0 Å². The van der Waals surface area contributed by atoms with Gasteiger partial charge in [0.05, 0.1) is 24.1 Å². The first-order valence-corrected chi connectivity index (χ1v) is 7.89. The molecule has 3 aromatic rings. The summed E-state index contributed by atoms with van der Waals surface area (Å²) in [4.78, 5) is 8.04. The van der Waals surface area contributed by atoms with Gasteiger partial charge in [0.25, 0.3) is 0 Å². The lowest BCUT2D eigenvalue weighted by Gasteiger charge is -2.24. The summed E-state index contributed by atoms with van der Waals surface area (Å²) in [5, 5.41) is 5.48. The molecule has 0 amide bonds. The van der Waals surface area contributed by atoms with E-state index < -0.39 is 0 Å². The SMILES string of the molecule is Cn1cc(-c2cc3c4c(cnc3[nH]2)COC42CCCC2)cn1. The largest absolute Gasteiger partial charge is 0.366 e. The summed E-state index contributed by atoms with van der Waals surface area (Å²) >= 11 is 0. The highest BCUT2D eigenvalue weighted by Crippen LogP contribution is 2.50. The third-order valence-corrected chi connectivity index (χ3v) is 5.12. The van der Waals surface area contributed by atoms with Gasteiger partial charge in [-0.05, 0) is 18.9 Å². The van der Waals surface area contributed by atoms with E-state index in [-0.39, 0.29) is 5.60 Å². The molecule has 1 aliphatic carbocycles. The second-order valence-corrected chi connectivity index (χ2v) is 6.50. The Kier molecular flexibility index (Phi) is 2.37. The van der Waals surface area contributed by atoms with Gasteiger partial charge in [-0.2, -0.15) is 5.10 Å². The number of aryl methyl sites for hydroxylation is 1. The van der Waals surface area contributed by atoms with Gasteiger partial charge >= 0.3 is 0 Å². The summed E-state index contributed by atoms with van der Waals surface area (Å²) in [5.74, 6) is 0. The van der Waals surface area contributed by atoms with Crippen LogP contribution in [0.15, 0.2) is 24.7 Å². The topological polar surface area (TPSA) is 55.7 Å². The van der Waals surface area contributed by atoms with Gasteiger partial charge in [0.1, 0.15) is 5.65 Å². The summed E-state index contributed by atoms with van der Waals surface area (Å²) < 4.78 is 8.05. The van der Waals surface area contributed by atoms with Crippen molar-refractivity contribution >= 4 is 11.0 Å². The van der Waals surface area contributed by atoms with Crippen molar-refractivity contribution in [3.63, 3.8) is 0 Å². The fourth-order valence-electron chi connectivity index (χ4n) is 4.11. The van der Waals surface area contributed by atoms with Crippen LogP contribution >= 0.6 is 0 Å². The van der Waals surface area contributed by atoms with Crippen LogP contribution in [0.5, 0.6) is 0 Å². The molecule has 112 valence electrons. The summed E-state index contributed by atoms with van der Waals surface area (Å²) in [6.45, 7) is 0.700. The van der Waals surface area contributed by atoms with Crippen molar-refractivity contribution in [2.24, 2.45) is 7.05 Å². The molecule has 5 rings (SSSR count). The van der Waals surface area contributed by atoms with Gasteiger partial charge < -0.3 is 9.72 Å². The van der Waals surface area contributed by atoms with Crippen LogP contribution in [0.3, 0.4) is 0 Å². The van der Waals surface area contributed by atoms with Crippen LogP contribution in [0.25, 0.3) is 22.3 Å². The van der Waals surface area contributed by atoms with Crippen LogP contribution in [0.1, 0.15) is 36.8 Å². The highest BCUT2D eigenvalue weighted by atomic mass is 16.5. The molecule has 1 spiro atoms. The zero-order chi connectivity index (χ0) is 14.7. The number of hydrogen-bond acceptors (Lipinski definition) is 3. The summed E-state index contributed by atoms with van der Waals surface area (Å²) in [7, 11) is 1.93. The first kappa shape index (κ1) is 12.4. The number of hydrogen-bond donors (Lipinski definition) is 1. The van der Waals surface area contributed by atoms with Crippen molar-refractivity contribution < 1.29 is 4.74 Å². The van der Waals surface area contributed by atoms with Gasteiger partial charge in [-0.1, -0.05) is 12.8 Å². The van der Waals surface area contributed by atoms with Crippen LogP contribution < -0.4 is 0 Å². The Labute approximate surface area is 128 Å². The van der Waals surface area contributed by atoms with E-state index in [1.807, 2.05) is 30.3 Å². The van der Waals surface area contributed by atoms with Gasteiger partial charge in [0.15, 0.2) is 0 Å². The van der Waals surface area contributed by atoms with Crippen molar-refractivity contribution in [2.75, 3.05) is 0 Å². The van der Waals surface area contributed by atoms with Crippen LogP contribution in [-0.2, 0) is 24.0 Å². The Morgan fingerprint density at radius 1 is 1.27 bits per heavy atom. The van der Waals surface area contributed by atoms with Gasteiger partial charge in [0, 0.05) is 41.5 Å². The van der Waals surface area contributed by atoms with Crippen molar-refractivity contribution in [3.05, 3.63) is 35.8 Å². The summed E-state index contributed by atoms with van der Waals surface area (Å²) in [5.41, 5.74) is 5.69. The normalized spacial score (nSPS) is 19.3. The molecule has 4 heterocycles. The minimum atomic E-state index is -0.0646. The van der Waals surface area contributed by atoms with E-state index in [0.29, 0.717) is 6.61 Å². The van der Waals surface area contributed by atoms with E-state index in [9.17, 15) is 0 Å². The molecule has 1 fully saturated rings. The number of pyridine rings is 1. The molecule has 0 radical (unpaired) electrons. The average Bonchev–Trinajstić information content (AvgIpc) is 3.27. The van der Waals surface area contributed by atoms with E-state index in [1.54, 1.807) is 0 Å². The number of aromatic amines is 1. The van der Waals surface area contributed by atoms with E-state index >= 15 is 0 Å². The quantitative estimate of drug-likeness (QED) is 0.749. The fourth-order valence-corrected chi connectivity index (χ4v) is 4.11. The number of nitrogens with one attached hydrogen (secondary N) is 1. The smallest absolute Gasteiger partial charge is 0.138 e. The lowest BCUT2D eigenvalue weighted by atomic mass is 9.89. The highest BCUT2D eigenvalue weighted by Gasteiger charge is 2.44. The number of H-pyrrole nitrogens is 1. The maximum atomic E-state index is 6.23. The highest BCUT2D eigenvalue weighted by molar-refractivity contribution is 5.87. The Bertz CT molecular complexity index is 870. The average molecular weight is 294 g/mol. The molecular formula is C17H18N4O. The molecule has 1 saturated carbocycles. The molecule has 3 aromatic heterocycles. The Morgan fingerprint density at radius 3 is 2.91 bits per heavy atom. The predicted octanol–water partition coefficient (Wildman–Crippen LogP) is 3.26. The molecule has 0 saturated heterocycles. The Morgan fingerprint density at radius 2 is 2.14 bits per heavy atom. The van der Waals surface area contributed by atoms with Gasteiger partial charge in [-0.15, -0.1) is 0 Å². The number of nitrogens with zero attached hydrogens (tertiary/aromatic N) is 3. The molecule has 22 heavy (non-hydrogen) atoms.